The fraction of sp³-hybridized carbons (Fsp3) is 0.267. The van der Waals surface area contributed by atoms with E-state index in [-0.39, 0.29) is 5.91 Å². The highest BCUT2D eigenvalue weighted by molar-refractivity contribution is 5.93. The molecule has 1 fully saturated rings. The molecule has 1 saturated carbocycles. The summed E-state index contributed by atoms with van der Waals surface area (Å²) < 4.78 is 5.20. The Balaban J connectivity index is 1.63. The number of nitrogens with zero attached hydrogens (tertiary/aromatic N) is 2. The molecular weight excluding hydrogens is 268 g/mol. The van der Waals surface area contributed by atoms with Crippen molar-refractivity contribution >= 4 is 12.1 Å². The highest BCUT2D eigenvalue weighted by Gasteiger charge is 2.26. The standard InChI is InChI=1S/C15H16N4O2/c1-21-14-5-3-2-4-11(14)9-16-19-15(20)13-8-12(17-18-13)10-6-7-10/h2-5,8-10H,6-7H2,1H3,(H,17,18)(H,19,20). The van der Waals surface area contributed by atoms with E-state index >= 15 is 0 Å². The number of aromatic nitrogens is 2. The number of rotatable bonds is 5. The molecule has 21 heavy (non-hydrogen) atoms. The SMILES string of the molecule is COc1ccccc1C=NNC(=O)c1cc(C2CC2)[nH]n1. The number of para-hydroxylation sites is 1. The van der Waals surface area contributed by atoms with Crippen LogP contribution in [0.15, 0.2) is 35.4 Å². The van der Waals surface area contributed by atoms with E-state index in [9.17, 15) is 4.79 Å². The molecule has 0 aliphatic heterocycles. The summed E-state index contributed by atoms with van der Waals surface area (Å²) in [5.41, 5.74) is 4.63. The van der Waals surface area contributed by atoms with Crippen LogP contribution in [0.3, 0.4) is 0 Å². The number of hydrazone groups is 1. The van der Waals surface area contributed by atoms with E-state index in [1.54, 1.807) is 19.4 Å². The maximum absolute atomic E-state index is 11.9. The Kier molecular flexibility index (Phi) is 3.68. The van der Waals surface area contributed by atoms with Gasteiger partial charge in [0, 0.05) is 17.2 Å². The van der Waals surface area contributed by atoms with E-state index in [4.69, 9.17) is 4.74 Å². The molecule has 2 N–H and O–H groups in total. The quantitative estimate of drug-likeness (QED) is 0.651. The Labute approximate surface area is 122 Å². The molecular formula is C15H16N4O2. The summed E-state index contributed by atoms with van der Waals surface area (Å²) in [5, 5.41) is 10.8. The Hall–Kier alpha value is -2.63. The van der Waals surface area contributed by atoms with E-state index in [0.717, 1.165) is 24.1 Å². The van der Waals surface area contributed by atoms with Gasteiger partial charge in [0.1, 0.15) is 5.75 Å². The number of ether oxygens (including phenoxy) is 1. The second kappa shape index (κ2) is 5.78. The van der Waals surface area contributed by atoms with E-state index in [1.165, 1.54) is 0 Å². The maximum atomic E-state index is 11.9. The van der Waals surface area contributed by atoms with Crippen LogP contribution in [0.25, 0.3) is 0 Å². The van der Waals surface area contributed by atoms with Crippen molar-refractivity contribution in [2.75, 3.05) is 7.11 Å². The van der Waals surface area contributed by atoms with Gasteiger partial charge in [-0.05, 0) is 31.0 Å². The fourth-order valence-electron chi connectivity index (χ4n) is 2.05. The number of hydrogen-bond donors (Lipinski definition) is 2. The summed E-state index contributed by atoms with van der Waals surface area (Å²) in [4.78, 5) is 11.9. The Morgan fingerprint density at radius 2 is 2.29 bits per heavy atom. The van der Waals surface area contributed by atoms with Gasteiger partial charge in [0.15, 0.2) is 5.69 Å². The fourth-order valence-corrected chi connectivity index (χ4v) is 2.05. The first kappa shape index (κ1) is 13.4. The van der Waals surface area contributed by atoms with E-state index in [1.807, 2.05) is 24.3 Å². The number of aromatic amines is 1. The van der Waals surface area contributed by atoms with Crippen molar-refractivity contribution in [3.63, 3.8) is 0 Å². The molecule has 1 aliphatic rings. The zero-order valence-electron chi connectivity index (χ0n) is 11.7. The zero-order chi connectivity index (χ0) is 14.7. The third-order valence-electron chi connectivity index (χ3n) is 3.36. The first-order chi connectivity index (χ1) is 10.3. The number of amides is 1. The molecule has 108 valence electrons. The summed E-state index contributed by atoms with van der Waals surface area (Å²) in [5.74, 6) is 0.909. The highest BCUT2D eigenvalue weighted by Crippen LogP contribution is 2.38. The van der Waals surface area contributed by atoms with Crippen molar-refractivity contribution in [3.05, 3.63) is 47.3 Å². The summed E-state index contributed by atoms with van der Waals surface area (Å²) >= 11 is 0. The molecule has 1 aromatic heterocycles. The molecule has 1 heterocycles. The molecule has 0 atom stereocenters. The third-order valence-corrected chi connectivity index (χ3v) is 3.36. The number of benzene rings is 1. The van der Waals surface area contributed by atoms with Gasteiger partial charge >= 0.3 is 0 Å². The lowest BCUT2D eigenvalue weighted by Gasteiger charge is -2.02. The van der Waals surface area contributed by atoms with Gasteiger partial charge < -0.3 is 4.74 Å². The van der Waals surface area contributed by atoms with Gasteiger partial charge in [0.2, 0.25) is 0 Å². The summed E-state index contributed by atoms with van der Waals surface area (Å²) in [6, 6.07) is 9.22. The lowest BCUT2D eigenvalue weighted by molar-refractivity contribution is 0.0950. The Bertz CT molecular complexity index is 674. The minimum Gasteiger partial charge on any atom is -0.496 e. The maximum Gasteiger partial charge on any atom is 0.291 e. The number of hydrogen-bond acceptors (Lipinski definition) is 4. The lowest BCUT2D eigenvalue weighted by atomic mass is 10.2. The smallest absolute Gasteiger partial charge is 0.291 e. The molecule has 0 saturated heterocycles. The lowest BCUT2D eigenvalue weighted by Crippen LogP contribution is -2.18. The molecule has 0 spiro atoms. The molecule has 0 radical (unpaired) electrons. The third kappa shape index (κ3) is 3.10. The minimum absolute atomic E-state index is 0.329. The van der Waals surface area contributed by atoms with Crippen LogP contribution < -0.4 is 10.2 Å². The molecule has 6 nitrogen and oxygen atoms in total. The van der Waals surface area contributed by atoms with E-state index < -0.39 is 0 Å². The first-order valence-corrected chi connectivity index (χ1v) is 6.79. The number of carbonyl (C=O) groups excluding carboxylic acids is 1. The van der Waals surface area contributed by atoms with Crippen LogP contribution in [0.4, 0.5) is 0 Å². The zero-order valence-corrected chi connectivity index (χ0v) is 11.7. The predicted octanol–water partition coefficient (Wildman–Crippen LogP) is 2.06. The number of H-pyrrole nitrogens is 1. The van der Waals surface area contributed by atoms with Crippen LogP contribution in [0.2, 0.25) is 0 Å². The van der Waals surface area contributed by atoms with Crippen molar-refractivity contribution in [1.82, 2.24) is 15.6 Å². The van der Waals surface area contributed by atoms with Crippen molar-refractivity contribution in [3.8, 4) is 5.75 Å². The van der Waals surface area contributed by atoms with Crippen molar-refractivity contribution in [1.29, 1.82) is 0 Å². The summed E-state index contributed by atoms with van der Waals surface area (Å²) in [6.45, 7) is 0. The first-order valence-electron chi connectivity index (χ1n) is 6.79. The number of carbonyl (C=O) groups is 1. The Morgan fingerprint density at radius 1 is 1.48 bits per heavy atom. The monoisotopic (exact) mass is 284 g/mol. The molecule has 3 rings (SSSR count). The van der Waals surface area contributed by atoms with Gasteiger partial charge in [0.05, 0.1) is 13.3 Å². The van der Waals surface area contributed by atoms with E-state index in [0.29, 0.717) is 17.4 Å². The minimum atomic E-state index is -0.329. The average Bonchev–Trinajstić information content (AvgIpc) is 3.25. The van der Waals surface area contributed by atoms with Gasteiger partial charge in [-0.25, -0.2) is 5.43 Å². The van der Waals surface area contributed by atoms with Crippen LogP contribution >= 0.6 is 0 Å². The molecule has 0 bridgehead atoms. The van der Waals surface area contributed by atoms with Crippen LogP contribution in [0.5, 0.6) is 5.75 Å². The Morgan fingerprint density at radius 3 is 3.05 bits per heavy atom. The molecule has 1 aromatic carbocycles. The molecule has 2 aromatic rings. The number of nitrogens with one attached hydrogen (secondary N) is 2. The molecule has 0 unspecified atom stereocenters. The predicted molar refractivity (Wildman–Crippen MR) is 78.6 cm³/mol. The van der Waals surface area contributed by atoms with Gasteiger partial charge in [-0.3, -0.25) is 9.89 Å². The van der Waals surface area contributed by atoms with Gasteiger partial charge in [-0.2, -0.15) is 10.2 Å². The van der Waals surface area contributed by atoms with Crippen molar-refractivity contribution < 1.29 is 9.53 Å². The second-order valence-electron chi connectivity index (χ2n) is 4.92. The van der Waals surface area contributed by atoms with Crippen LogP contribution in [-0.4, -0.2) is 29.4 Å². The van der Waals surface area contributed by atoms with Crippen LogP contribution in [-0.2, 0) is 0 Å². The summed E-state index contributed by atoms with van der Waals surface area (Å²) in [7, 11) is 1.59. The molecule has 1 aliphatic carbocycles. The van der Waals surface area contributed by atoms with Crippen molar-refractivity contribution in [2.24, 2.45) is 5.10 Å². The second-order valence-corrected chi connectivity index (χ2v) is 4.92. The van der Waals surface area contributed by atoms with Crippen LogP contribution in [0.1, 0.15) is 40.5 Å². The molecule has 1 amide bonds. The summed E-state index contributed by atoms with van der Waals surface area (Å²) in [6.07, 6.45) is 3.87. The normalized spacial score (nSPS) is 14.3. The largest absolute Gasteiger partial charge is 0.496 e. The van der Waals surface area contributed by atoms with E-state index in [2.05, 4.69) is 20.7 Å². The molecule has 6 heteroatoms. The average molecular weight is 284 g/mol. The topological polar surface area (TPSA) is 79.4 Å². The highest BCUT2D eigenvalue weighted by atomic mass is 16.5. The van der Waals surface area contributed by atoms with Gasteiger partial charge in [-0.15, -0.1) is 0 Å². The van der Waals surface area contributed by atoms with Crippen LogP contribution in [0, 0.1) is 0 Å². The van der Waals surface area contributed by atoms with Gasteiger partial charge in [-0.1, -0.05) is 12.1 Å². The van der Waals surface area contributed by atoms with Gasteiger partial charge in [0.25, 0.3) is 5.91 Å². The van der Waals surface area contributed by atoms with Crippen molar-refractivity contribution in [2.45, 2.75) is 18.8 Å². The number of methoxy groups -OCH3 is 1.